The van der Waals surface area contributed by atoms with Gasteiger partial charge in [-0.2, -0.15) is 5.10 Å². The van der Waals surface area contributed by atoms with Crippen molar-refractivity contribution in [1.82, 2.24) is 19.7 Å². The third-order valence-electron chi connectivity index (χ3n) is 3.80. The molecule has 0 fully saturated rings. The molecule has 2 rings (SSSR count). The SMILES string of the molecule is C=CCc1ncc(OCc2cc(C)nn2C)c(N[C@H](CO)CCC)n1. The van der Waals surface area contributed by atoms with E-state index < -0.39 is 0 Å². The van der Waals surface area contributed by atoms with Gasteiger partial charge >= 0.3 is 0 Å². The Morgan fingerprint density at radius 2 is 2.28 bits per heavy atom. The van der Waals surface area contributed by atoms with Crippen molar-refractivity contribution in [3.8, 4) is 5.75 Å². The molecule has 2 N–H and O–H groups in total. The van der Waals surface area contributed by atoms with Crippen molar-refractivity contribution >= 4 is 5.82 Å². The molecule has 7 nitrogen and oxygen atoms in total. The highest BCUT2D eigenvalue weighted by atomic mass is 16.5. The molecule has 0 aliphatic rings. The van der Waals surface area contributed by atoms with E-state index in [4.69, 9.17) is 4.74 Å². The van der Waals surface area contributed by atoms with Crippen LogP contribution in [0.25, 0.3) is 0 Å². The van der Waals surface area contributed by atoms with Gasteiger partial charge in [0.2, 0.25) is 0 Å². The first-order valence-electron chi connectivity index (χ1n) is 8.53. The van der Waals surface area contributed by atoms with Gasteiger partial charge in [0, 0.05) is 13.5 Å². The number of aliphatic hydroxyl groups excluding tert-OH is 1. The maximum absolute atomic E-state index is 9.55. The molecule has 0 bridgehead atoms. The zero-order chi connectivity index (χ0) is 18.2. The summed E-state index contributed by atoms with van der Waals surface area (Å²) in [6.45, 7) is 8.15. The molecule has 0 radical (unpaired) electrons. The molecule has 0 aromatic carbocycles. The van der Waals surface area contributed by atoms with E-state index in [0.717, 1.165) is 24.2 Å². The van der Waals surface area contributed by atoms with Crippen LogP contribution in [0.3, 0.4) is 0 Å². The Hall–Kier alpha value is -2.41. The number of aromatic nitrogens is 4. The molecule has 0 saturated carbocycles. The fourth-order valence-corrected chi connectivity index (χ4v) is 2.55. The Balaban J connectivity index is 2.19. The summed E-state index contributed by atoms with van der Waals surface area (Å²) in [6, 6.07) is 1.91. The number of ether oxygens (including phenoxy) is 1. The Bertz CT molecular complexity index is 699. The summed E-state index contributed by atoms with van der Waals surface area (Å²) >= 11 is 0. The number of hydrogen-bond acceptors (Lipinski definition) is 6. The van der Waals surface area contributed by atoms with Crippen LogP contribution in [0, 0.1) is 6.92 Å². The van der Waals surface area contributed by atoms with Crippen molar-refractivity contribution in [2.24, 2.45) is 7.05 Å². The van der Waals surface area contributed by atoms with E-state index in [1.54, 1.807) is 17.0 Å². The van der Waals surface area contributed by atoms with Crippen LogP contribution in [-0.2, 0) is 20.1 Å². The van der Waals surface area contributed by atoms with Gasteiger partial charge in [-0.25, -0.2) is 9.97 Å². The largest absolute Gasteiger partial charge is 0.482 e. The number of aryl methyl sites for hydroxylation is 2. The summed E-state index contributed by atoms with van der Waals surface area (Å²) in [7, 11) is 1.89. The Labute approximate surface area is 148 Å². The van der Waals surface area contributed by atoms with E-state index >= 15 is 0 Å². The van der Waals surface area contributed by atoms with Crippen LogP contribution >= 0.6 is 0 Å². The first-order valence-corrected chi connectivity index (χ1v) is 8.53. The predicted octanol–water partition coefficient (Wildman–Crippen LogP) is 2.40. The van der Waals surface area contributed by atoms with Gasteiger partial charge in [-0.3, -0.25) is 4.68 Å². The Kier molecular flexibility index (Phi) is 6.94. The third kappa shape index (κ3) is 5.29. The summed E-state index contributed by atoms with van der Waals surface area (Å²) in [5.74, 6) is 1.81. The van der Waals surface area contributed by atoms with Crippen molar-refractivity contribution in [3.63, 3.8) is 0 Å². The van der Waals surface area contributed by atoms with Crippen molar-refractivity contribution in [3.05, 3.63) is 42.1 Å². The van der Waals surface area contributed by atoms with Gasteiger partial charge in [-0.15, -0.1) is 6.58 Å². The average Bonchev–Trinajstić information content (AvgIpc) is 2.91. The number of nitrogens with zero attached hydrogens (tertiary/aromatic N) is 4. The lowest BCUT2D eigenvalue weighted by atomic mass is 10.2. The van der Waals surface area contributed by atoms with Gasteiger partial charge in [-0.05, 0) is 19.4 Å². The molecular formula is C18H27N5O2. The van der Waals surface area contributed by atoms with Crippen LogP contribution in [0.4, 0.5) is 5.82 Å². The van der Waals surface area contributed by atoms with Gasteiger partial charge in [0.15, 0.2) is 11.6 Å². The highest BCUT2D eigenvalue weighted by molar-refractivity contribution is 5.49. The van der Waals surface area contributed by atoms with Crippen molar-refractivity contribution in [2.75, 3.05) is 11.9 Å². The zero-order valence-corrected chi connectivity index (χ0v) is 15.2. The summed E-state index contributed by atoms with van der Waals surface area (Å²) < 4.78 is 7.71. The summed E-state index contributed by atoms with van der Waals surface area (Å²) in [4.78, 5) is 8.84. The number of allylic oxidation sites excluding steroid dienone is 1. The average molecular weight is 345 g/mol. The first kappa shape index (κ1) is 18.9. The van der Waals surface area contributed by atoms with Gasteiger partial charge in [0.05, 0.1) is 30.2 Å². The van der Waals surface area contributed by atoms with Gasteiger partial charge < -0.3 is 15.2 Å². The highest BCUT2D eigenvalue weighted by Crippen LogP contribution is 2.24. The van der Waals surface area contributed by atoms with Crippen LogP contribution in [0.5, 0.6) is 5.75 Å². The number of nitrogens with one attached hydrogen (secondary N) is 1. The van der Waals surface area contributed by atoms with Crippen molar-refractivity contribution < 1.29 is 9.84 Å². The monoisotopic (exact) mass is 345 g/mol. The summed E-state index contributed by atoms with van der Waals surface area (Å²) in [5, 5.41) is 17.1. The maximum atomic E-state index is 9.55. The molecule has 0 saturated heterocycles. The van der Waals surface area contributed by atoms with Gasteiger partial charge in [-0.1, -0.05) is 19.4 Å². The minimum atomic E-state index is -0.0715. The second-order valence-corrected chi connectivity index (χ2v) is 5.99. The minimum Gasteiger partial charge on any atom is -0.482 e. The zero-order valence-electron chi connectivity index (χ0n) is 15.2. The topological polar surface area (TPSA) is 85.1 Å². The number of rotatable bonds is 10. The summed E-state index contributed by atoms with van der Waals surface area (Å²) in [5.41, 5.74) is 1.91. The molecule has 0 unspecified atom stereocenters. The van der Waals surface area contributed by atoms with Crippen LogP contribution in [0.15, 0.2) is 24.9 Å². The molecule has 136 valence electrons. The van der Waals surface area contributed by atoms with Crippen LogP contribution in [0.1, 0.15) is 37.0 Å². The fourth-order valence-electron chi connectivity index (χ4n) is 2.55. The van der Waals surface area contributed by atoms with E-state index in [1.165, 1.54) is 0 Å². The molecule has 0 aliphatic heterocycles. The lowest BCUT2D eigenvalue weighted by molar-refractivity contribution is 0.266. The molecule has 0 aliphatic carbocycles. The van der Waals surface area contributed by atoms with E-state index in [1.807, 2.05) is 20.0 Å². The van der Waals surface area contributed by atoms with E-state index in [9.17, 15) is 5.11 Å². The van der Waals surface area contributed by atoms with Crippen molar-refractivity contribution in [2.45, 2.75) is 45.8 Å². The molecule has 7 heteroatoms. The molecule has 0 amide bonds. The van der Waals surface area contributed by atoms with Crippen LogP contribution < -0.4 is 10.1 Å². The van der Waals surface area contributed by atoms with Gasteiger partial charge in [0.25, 0.3) is 0 Å². The first-order chi connectivity index (χ1) is 12.1. The number of hydrogen-bond donors (Lipinski definition) is 2. The smallest absolute Gasteiger partial charge is 0.180 e. The van der Waals surface area contributed by atoms with E-state index in [0.29, 0.717) is 30.4 Å². The lowest BCUT2D eigenvalue weighted by Gasteiger charge is -2.19. The summed E-state index contributed by atoms with van der Waals surface area (Å²) in [6.07, 6.45) is 5.81. The fraction of sp³-hybridized carbons (Fsp3) is 0.500. The van der Waals surface area contributed by atoms with Crippen LogP contribution in [0.2, 0.25) is 0 Å². The molecule has 25 heavy (non-hydrogen) atoms. The lowest BCUT2D eigenvalue weighted by Crippen LogP contribution is -2.25. The minimum absolute atomic E-state index is 0.0367. The third-order valence-corrected chi connectivity index (χ3v) is 3.80. The van der Waals surface area contributed by atoms with E-state index in [-0.39, 0.29) is 12.6 Å². The standard InChI is InChI=1S/C18H27N5O2/c1-5-7-14(11-24)20-18-16(10-19-17(21-18)8-6-2)25-12-15-9-13(3)22-23(15)4/h6,9-10,14,24H,2,5,7-8,11-12H2,1,3-4H3,(H,19,20,21)/t14-/m0/s1. The highest BCUT2D eigenvalue weighted by Gasteiger charge is 2.14. The van der Waals surface area contributed by atoms with Crippen LogP contribution in [-0.4, -0.2) is 37.5 Å². The molecule has 2 heterocycles. The maximum Gasteiger partial charge on any atom is 0.180 e. The normalized spacial score (nSPS) is 12.0. The second kappa shape index (κ2) is 9.17. The molecular weight excluding hydrogens is 318 g/mol. The Morgan fingerprint density at radius 3 is 2.88 bits per heavy atom. The number of aliphatic hydroxyl groups is 1. The molecule has 0 spiro atoms. The van der Waals surface area contributed by atoms with Gasteiger partial charge in [0.1, 0.15) is 12.4 Å². The molecule has 2 aromatic heterocycles. The number of anilines is 1. The Morgan fingerprint density at radius 1 is 1.48 bits per heavy atom. The molecule has 1 atom stereocenters. The molecule has 2 aromatic rings. The predicted molar refractivity (Wildman–Crippen MR) is 97.6 cm³/mol. The van der Waals surface area contributed by atoms with Crippen molar-refractivity contribution in [1.29, 1.82) is 0 Å². The van der Waals surface area contributed by atoms with E-state index in [2.05, 4.69) is 33.9 Å². The quantitative estimate of drug-likeness (QED) is 0.643. The second-order valence-electron chi connectivity index (χ2n) is 5.99.